The fourth-order valence-electron chi connectivity index (χ4n) is 2.03. The summed E-state index contributed by atoms with van der Waals surface area (Å²) < 4.78 is 1.00. The van der Waals surface area contributed by atoms with Crippen LogP contribution in [-0.4, -0.2) is 0 Å². The predicted molar refractivity (Wildman–Crippen MR) is 84.5 cm³/mol. The van der Waals surface area contributed by atoms with Crippen molar-refractivity contribution in [2.45, 2.75) is 13.0 Å². The first-order chi connectivity index (χ1) is 9.01. The Kier molecular flexibility index (Phi) is 4.87. The monoisotopic (exact) mass is 358 g/mol. The lowest BCUT2D eigenvalue weighted by Gasteiger charge is -2.19. The number of nitrogens with one attached hydrogen (secondary N) is 1. The van der Waals surface area contributed by atoms with E-state index < -0.39 is 0 Å². The molecule has 19 heavy (non-hydrogen) atoms. The molecule has 2 aromatic rings. The van der Waals surface area contributed by atoms with Crippen LogP contribution in [0, 0.1) is 6.92 Å². The number of rotatable bonds is 3. The zero-order valence-electron chi connectivity index (χ0n) is 10.3. The number of hydrazine groups is 1. The fraction of sp³-hybridized carbons (Fsp3) is 0.143. The van der Waals surface area contributed by atoms with Crippen molar-refractivity contribution in [2.24, 2.45) is 5.84 Å². The Morgan fingerprint density at radius 1 is 1.16 bits per heavy atom. The van der Waals surface area contributed by atoms with Crippen molar-refractivity contribution in [1.29, 1.82) is 0 Å². The van der Waals surface area contributed by atoms with Crippen molar-refractivity contribution in [3.63, 3.8) is 0 Å². The van der Waals surface area contributed by atoms with Crippen LogP contribution < -0.4 is 11.3 Å². The lowest BCUT2D eigenvalue weighted by atomic mass is 9.98. The Hall–Kier alpha value is -0.580. The number of hydrogen-bond acceptors (Lipinski definition) is 2. The summed E-state index contributed by atoms with van der Waals surface area (Å²) in [6, 6.07) is 11.3. The predicted octanol–water partition coefficient (Wildman–Crippen LogP) is 4.62. The highest BCUT2D eigenvalue weighted by atomic mass is 79.9. The third-order valence-electron chi connectivity index (χ3n) is 2.83. The lowest BCUT2D eigenvalue weighted by Crippen LogP contribution is -2.29. The second-order valence-corrected chi connectivity index (χ2v) is 6.09. The van der Waals surface area contributed by atoms with Gasteiger partial charge in [-0.2, -0.15) is 0 Å². The normalized spacial score (nSPS) is 12.5. The standard InChI is InChI=1S/C14H13BrCl2N2/c1-8-4-9(6-10(15)5-8)14(19-18)12-7-11(16)2-3-13(12)17/h2-7,14,19H,18H2,1H3. The maximum Gasteiger partial charge on any atom is 0.0725 e. The van der Waals surface area contributed by atoms with Gasteiger partial charge in [-0.1, -0.05) is 45.2 Å². The zero-order valence-corrected chi connectivity index (χ0v) is 13.4. The largest absolute Gasteiger partial charge is 0.271 e. The van der Waals surface area contributed by atoms with Crippen LogP contribution in [0.4, 0.5) is 0 Å². The van der Waals surface area contributed by atoms with Crippen molar-refractivity contribution in [1.82, 2.24) is 5.43 Å². The summed E-state index contributed by atoms with van der Waals surface area (Å²) in [6.45, 7) is 2.03. The first kappa shape index (κ1) is 14.8. The Morgan fingerprint density at radius 3 is 2.53 bits per heavy atom. The third-order valence-corrected chi connectivity index (χ3v) is 3.87. The van der Waals surface area contributed by atoms with Gasteiger partial charge in [0.25, 0.3) is 0 Å². The van der Waals surface area contributed by atoms with Crippen LogP contribution in [0.15, 0.2) is 40.9 Å². The molecule has 0 aliphatic heterocycles. The first-order valence-electron chi connectivity index (χ1n) is 5.69. The van der Waals surface area contributed by atoms with E-state index in [9.17, 15) is 0 Å². The number of aryl methyl sites for hydroxylation is 1. The summed E-state index contributed by atoms with van der Waals surface area (Å²) in [4.78, 5) is 0. The van der Waals surface area contributed by atoms with Gasteiger partial charge in [0, 0.05) is 14.5 Å². The van der Waals surface area contributed by atoms with E-state index >= 15 is 0 Å². The lowest BCUT2D eigenvalue weighted by molar-refractivity contribution is 0.636. The number of nitrogens with two attached hydrogens (primary N) is 1. The molecule has 0 saturated carbocycles. The second kappa shape index (κ2) is 6.25. The van der Waals surface area contributed by atoms with Gasteiger partial charge in [0.05, 0.1) is 6.04 Å². The molecule has 2 rings (SSSR count). The average molecular weight is 360 g/mol. The molecule has 0 heterocycles. The van der Waals surface area contributed by atoms with Crippen molar-refractivity contribution in [3.05, 3.63) is 67.6 Å². The molecule has 0 saturated heterocycles. The Labute approximate surface area is 131 Å². The fourth-order valence-corrected chi connectivity index (χ4v) is 3.07. The van der Waals surface area contributed by atoms with Gasteiger partial charge in [-0.3, -0.25) is 5.84 Å². The highest BCUT2D eigenvalue weighted by Crippen LogP contribution is 2.31. The van der Waals surface area contributed by atoms with E-state index in [1.807, 2.05) is 25.1 Å². The molecular formula is C14H13BrCl2N2. The van der Waals surface area contributed by atoms with Crippen molar-refractivity contribution in [3.8, 4) is 0 Å². The second-order valence-electron chi connectivity index (χ2n) is 4.33. The molecule has 2 aromatic carbocycles. The van der Waals surface area contributed by atoms with E-state index in [-0.39, 0.29) is 6.04 Å². The summed E-state index contributed by atoms with van der Waals surface area (Å²) in [5, 5.41) is 1.26. The van der Waals surface area contributed by atoms with Gasteiger partial charge in [-0.25, -0.2) is 5.43 Å². The van der Waals surface area contributed by atoms with Gasteiger partial charge in [0.1, 0.15) is 0 Å². The van der Waals surface area contributed by atoms with Crippen LogP contribution in [0.3, 0.4) is 0 Å². The van der Waals surface area contributed by atoms with Crippen LogP contribution in [0.2, 0.25) is 10.0 Å². The topological polar surface area (TPSA) is 38.0 Å². The molecule has 0 aliphatic rings. The van der Waals surface area contributed by atoms with Gasteiger partial charge in [-0.15, -0.1) is 0 Å². The quantitative estimate of drug-likeness (QED) is 0.620. The maximum atomic E-state index is 6.23. The summed E-state index contributed by atoms with van der Waals surface area (Å²) in [7, 11) is 0. The average Bonchev–Trinajstić information content (AvgIpc) is 2.33. The van der Waals surface area contributed by atoms with E-state index in [1.54, 1.807) is 12.1 Å². The van der Waals surface area contributed by atoms with Gasteiger partial charge in [0.2, 0.25) is 0 Å². The van der Waals surface area contributed by atoms with Crippen molar-refractivity contribution >= 4 is 39.1 Å². The molecule has 0 fully saturated rings. The van der Waals surface area contributed by atoms with Crippen LogP contribution >= 0.6 is 39.1 Å². The molecule has 1 unspecified atom stereocenters. The SMILES string of the molecule is Cc1cc(Br)cc(C(NN)c2cc(Cl)ccc2Cl)c1. The summed E-state index contributed by atoms with van der Waals surface area (Å²) in [5.41, 5.74) is 5.82. The third kappa shape index (κ3) is 3.50. The molecule has 0 radical (unpaired) electrons. The smallest absolute Gasteiger partial charge is 0.0725 e. The molecule has 5 heteroatoms. The zero-order chi connectivity index (χ0) is 14.0. The minimum atomic E-state index is -0.206. The van der Waals surface area contributed by atoms with Gasteiger partial charge in [-0.05, 0) is 53.9 Å². The minimum absolute atomic E-state index is 0.206. The molecule has 100 valence electrons. The molecule has 0 aliphatic carbocycles. The Balaban J connectivity index is 2.52. The number of benzene rings is 2. The van der Waals surface area contributed by atoms with E-state index in [4.69, 9.17) is 29.0 Å². The summed E-state index contributed by atoms with van der Waals surface area (Å²) >= 11 is 15.8. The summed E-state index contributed by atoms with van der Waals surface area (Å²) in [6.07, 6.45) is 0. The van der Waals surface area contributed by atoms with E-state index in [2.05, 4.69) is 27.4 Å². The van der Waals surface area contributed by atoms with Crippen molar-refractivity contribution < 1.29 is 0 Å². The number of halogens is 3. The molecule has 1 atom stereocenters. The molecular weight excluding hydrogens is 347 g/mol. The molecule has 0 amide bonds. The van der Waals surface area contributed by atoms with Crippen LogP contribution in [0.25, 0.3) is 0 Å². The Morgan fingerprint density at radius 2 is 1.89 bits per heavy atom. The molecule has 0 aromatic heterocycles. The molecule has 0 bridgehead atoms. The maximum absolute atomic E-state index is 6.23. The van der Waals surface area contributed by atoms with Gasteiger partial charge in [0.15, 0.2) is 0 Å². The van der Waals surface area contributed by atoms with Crippen molar-refractivity contribution in [2.75, 3.05) is 0 Å². The summed E-state index contributed by atoms with van der Waals surface area (Å²) in [5.74, 6) is 5.69. The van der Waals surface area contributed by atoms with Gasteiger partial charge < -0.3 is 0 Å². The van der Waals surface area contributed by atoms with Crippen LogP contribution in [0.5, 0.6) is 0 Å². The Bertz CT molecular complexity index is 582. The highest BCUT2D eigenvalue weighted by Gasteiger charge is 2.16. The molecule has 0 spiro atoms. The highest BCUT2D eigenvalue weighted by molar-refractivity contribution is 9.10. The van der Waals surface area contributed by atoms with E-state index in [0.29, 0.717) is 10.0 Å². The molecule has 2 nitrogen and oxygen atoms in total. The van der Waals surface area contributed by atoms with E-state index in [1.165, 1.54) is 0 Å². The van der Waals surface area contributed by atoms with Crippen LogP contribution in [0.1, 0.15) is 22.7 Å². The van der Waals surface area contributed by atoms with Crippen LogP contribution in [-0.2, 0) is 0 Å². The molecule has 3 N–H and O–H groups in total. The van der Waals surface area contributed by atoms with Gasteiger partial charge >= 0.3 is 0 Å². The number of hydrogen-bond donors (Lipinski definition) is 2. The minimum Gasteiger partial charge on any atom is -0.271 e. The first-order valence-corrected chi connectivity index (χ1v) is 7.24. The van der Waals surface area contributed by atoms with E-state index in [0.717, 1.165) is 21.2 Å².